The van der Waals surface area contributed by atoms with E-state index in [1.54, 1.807) is 6.07 Å². The molecular formula is C16H21ClN4O2. The maximum Gasteiger partial charge on any atom is 0.227 e. The second-order valence-corrected chi connectivity index (χ2v) is 6.77. The summed E-state index contributed by atoms with van der Waals surface area (Å²) in [6.45, 7) is 6.32. The number of halogens is 1. The Labute approximate surface area is 139 Å². The predicted molar refractivity (Wildman–Crippen MR) is 89.5 cm³/mol. The standard InChI is InChI=1S/C16H21ClN4O2/c1-16(2,21-14(22)10-8-18-5-6-23-9-10)15-19-12-4-3-11(17)7-13(12)20-15/h3-4,7,10,18H,5-6,8-9H2,1-2H3,(H,19,20)(H,21,22). The average Bonchev–Trinajstić information content (AvgIpc) is 2.74. The molecule has 0 radical (unpaired) electrons. The average molecular weight is 337 g/mol. The van der Waals surface area contributed by atoms with E-state index in [1.807, 2.05) is 26.0 Å². The normalized spacial score (nSPS) is 19.5. The molecule has 1 aromatic carbocycles. The number of ether oxygens (including phenoxy) is 1. The molecule has 2 aromatic rings. The summed E-state index contributed by atoms with van der Waals surface area (Å²) in [6.07, 6.45) is 0. The molecule has 3 N–H and O–H groups in total. The number of benzene rings is 1. The van der Waals surface area contributed by atoms with Crippen molar-refractivity contribution < 1.29 is 9.53 Å². The monoisotopic (exact) mass is 336 g/mol. The van der Waals surface area contributed by atoms with Gasteiger partial charge < -0.3 is 20.4 Å². The first kappa shape index (κ1) is 16.2. The number of H-pyrrole nitrogens is 1. The number of nitrogens with zero attached hydrogens (tertiary/aromatic N) is 1. The van der Waals surface area contributed by atoms with Crippen molar-refractivity contribution in [3.63, 3.8) is 0 Å². The van der Waals surface area contributed by atoms with Gasteiger partial charge in [0.15, 0.2) is 0 Å². The van der Waals surface area contributed by atoms with E-state index in [-0.39, 0.29) is 11.8 Å². The minimum atomic E-state index is -0.616. The third kappa shape index (κ3) is 3.65. The van der Waals surface area contributed by atoms with Gasteiger partial charge in [-0.3, -0.25) is 4.79 Å². The summed E-state index contributed by atoms with van der Waals surface area (Å²) < 4.78 is 5.45. The van der Waals surface area contributed by atoms with Crippen molar-refractivity contribution in [3.05, 3.63) is 29.0 Å². The molecule has 0 saturated carbocycles. The number of carbonyl (C=O) groups is 1. The molecule has 1 aliphatic rings. The molecule has 1 unspecified atom stereocenters. The summed E-state index contributed by atoms with van der Waals surface area (Å²) in [5.74, 6) is 0.462. The number of nitrogens with one attached hydrogen (secondary N) is 3. The lowest BCUT2D eigenvalue weighted by Gasteiger charge is -2.26. The topological polar surface area (TPSA) is 79.0 Å². The highest BCUT2D eigenvalue weighted by atomic mass is 35.5. The maximum atomic E-state index is 12.5. The zero-order chi connectivity index (χ0) is 16.4. The van der Waals surface area contributed by atoms with Gasteiger partial charge in [-0.25, -0.2) is 4.98 Å². The number of hydrogen-bond donors (Lipinski definition) is 3. The first-order valence-corrected chi connectivity index (χ1v) is 8.10. The minimum absolute atomic E-state index is 0.0390. The first-order valence-electron chi connectivity index (χ1n) is 7.72. The fourth-order valence-electron chi connectivity index (χ4n) is 2.62. The highest BCUT2D eigenvalue weighted by Gasteiger charge is 2.30. The first-order chi connectivity index (χ1) is 11.0. The molecule has 2 heterocycles. The van der Waals surface area contributed by atoms with Crippen LogP contribution in [0.25, 0.3) is 11.0 Å². The van der Waals surface area contributed by atoms with Crippen LogP contribution in [0.5, 0.6) is 0 Å². The molecule has 0 bridgehead atoms. The van der Waals surface area contributed by atoms with Crippen LogP contribution in [-0.2, 0) is 15.1 Å². The second kappa shape index (κ2) is 6.47. The molecule has 1 aromatic heterocycles. The molecule has 6 nitrogen and oxygen atoms in total. The molecule has 1 aliphatic heterocycles. The molecule has 1 saturated heterocycles. The molecule has 124 valence electrons. The quantitative estimate of drug-likeness (QED) is 0.798. The van der Waals surface area contributed by atoms with Crippen LogP contribution >= 0.6 is 11.6 Å². The van der Waals surface area contributed by atoms with Gasteiger partial charge in [-0.05, 0) is 32.0 Å². The number of rotatable bonds is 3. The van der Waals surface area contributed by atoms with Crippen molar-refractivity contribution in [2.24, 2.45) is 5.92 Å². The van der Waals surface area contributed by atoms with Gasteiger partial charge >= 0.3 is 0 Å². The number of imidazole rings is 1. The Morgan fingerprint density at radius 1 is 1.48 bits per heavy atom. The lowest BCUT2D eigenvalue weighted by molar-refractivity contribution is -0.128. The molecule has 0 spiro atoms. The zero-order valence-electron chi connectivity index (χ0n) is 13.3. The highest BCUT2D eigenvalue weighted by Crippen LogP contribution is 2.23. The summed E-state index contributed by atoms with van der Waals surface area (Å²) >= 11 is 6.01. The third-order valence-corrected chi connectivity index (χ3v) is 4.21. The summed E-state index contributed by atoms with van der Waals surface area (Å²) in [5, 5.41) is 6.92. The Morgan fingerprint density at radius 3 is 3.13 bits per heavy atom. The van der Waals surface area contributed by atoms with E-state index < -0.39 is 5.54 Å². The third-order valence-electron chi connectivity index (χ3n) is 3.98. The Bertz CT molecular complexity index is 705. The fraction of sp³-hybridized carbons (Fsp3) is 0.500. The van der Waals surface area contributed by atoms with E-state index in [9.17, 15) is 4.79 Å². The Kier molecular flexibility index (Phi) is 4.57. The number of hydrogen-bond acceptors (Lipinski definition) is 4. The van der Waals surface area contributed by atoms with Crippen molar-refractivity contribution in [2.45, 2.75) is 19.4 Å². The van der Waals surface area contributed by atoms with Crippen molar-refractivity contribution >= 4 is 28.5 Å². The van der Waals surface area contributed by atoms with Gasteiger partial charge in [0.2, 0.25) is 5.91 Å². The molecule has 1 fully saturated rings. The van der Waals surface area contributed by atoms with E-state index in [1.165, 1.54) is 0 Å². The van der Waals surface area contributed by atoms with Gasteiger partial charge in [0.05, 0.1) is 35.7 Å². The Morgan fingerprint density at radius 2 is 2.30 bits per heavy atom. The second-order valence-electron chi connectivity index (χ2n) is 6.34. The van der Waals surface area contributed by atoms with Crippen molar-refractivity contribution in [1.29, 1.82) is 0 Å². The smallest absolute Gasteiger partial charge is 0.227 e. The zero-order valence-corrected chi connectivity index (χ0v) is 14.0. The fourth-order valence-corrected chi connectivity index (χ4v) is 2.79. The Hall–Kier alpha value is -1.63. The summed E-state index contributed by atoms with van der Waals surface area (Å²) in [6, 6.07) is 5.49. The van der Waals surface area contributed by atoms with Gasteiger partial charge in [0, 0.05) is 18.1 Å². The summed E-state index contributed by atoms with van der Waals surface area (Å²) in [4.78, 5) is 20.3. The van der Waals surface area contributed by atoms with Crippen molar-refractivity contribution in [2.75, 3.05) is 26.3 Å². The molecule has 1 atom stereocenters. The predicted octanol–water partition coefficient (Wildman–Crippen LogP) is 1.80. The van der Waals surface area contributed by atoms with Crippen LogP contribution in [0.15, 0.2) is 18.2 Å². The molecule has 23 heavy (non-hydrogen) atoms. The molecular weight excluding hydrogens is 316 g/mol. The van der Waals surface area contributed by atoms with E-state index in [0.717, 1.165) is 17.6 Å². The lowest BCUT2D eigenvalue weighted by Crippen LogP contribution is -2.47. The van der Waals surface area contributed by atoms with E-state index in [0.29, 0.717) is 30.6 Å². The Balaban J connectivity index is 1.77. The number of aromatic nitrogens is 2. The van der Waals surface area contributed by atoms with Gasteiger partial charge in [-0.2, -0.15) is 0 Å². The van der Waals surface area contributed by atoms with Crippen molar-refractivity contribution in [3.8, 4) is 0 Å². The number of fused-ring (bicyclic) bond motifs is 1. The van der Waals surface area contributed by atoms with Crippen LogP contribution in [0, 0.1) is 5.92 Å². The van der Waals surface area contributed by atoms with Crippen molar-refractivity contribution in [1.82, 2.24) is 20.6 Å². The molecule has 7 heteroatoms. The number of aromatic amines is 1. The van der Waals surface area contributed by atoms with E-state index in [2.05, 4.69) is 20.6 Å². The van der Waals surface area contributed by atoms with Gasteiger partial charge in [0.1, 0.15) is 5.82 Å². The molecule has 0 aliphatic carbocycles. The highest BCUT2D eigenvalue weighted by molar-refractivity contribution is 6.31. The summed E-state index contributed by atoms with van der Waals surface area (Å²) in [7, 11) is 0. The SMILES string of the molecule is CC(C)(NC(=O)C1CNCCOC1)c1nc2ccc(Cl)cc2[nH]1. The van der Waals surface area contributed by atoms with E-state index >= 15 is 0 Å². The number of amides is 1. The van der Waals surface area contributed by atoms with Crippen LogP contribution < -0.4 is 10.6 Å². The molecule has 3 rings (SSSR count). The van der Waals surface area contributed by atoms with Crippen LogP contribution in [0.3, 0.4) is 0 Å². The maximum absolute atomic E-state index is 12.5. The largest absolute Gasteiger partial charge is 0.379 e. The van der Waals surface area contributed by atoms with Crippen LogP contribution in [0.1, 0.15) is 19.7 Å². The minimum Gasteiger partial charge on any atom is -0.379 e. The summed E-state index contributed by atoms with van der Waals surface area (Å²) in [5.41, 5.74) is 1.06. The van der Waals surface area contributed by atoms with Gasteiger partial charge in [0.25, 0.3) is 0 Å². The van der Waals surface area contributed by atoms with Crippen LogP contribution in [0.2, 0.25) is 5.02 Å². The van der Waals surface area contributed by atoms with Crippen LogP contribution in [-0.4, -0.2) is 42.2 Å². The van der Waals surface area contributed by atoms with Gasteiger partial charge in [-0.1, -0.05) is 11.6 Å². The van der Waals surface area contributed by atoms with E-state index in [4.69, 9.17) is 16.3 Å². The van der Waals surface area contributed by atoms with Gasteiger partial charge in [-0.15, -0.1) is 0 Å². The van der Waals surface area contributed by atoms with Crippen LogP contribution in [0.4, 0.5) is 0 Å². The number of carbonyl (C=O) groups excluding carboxylic acids is 1. The molecule has 1 amide bonds. The lowest BCUT2D eigenvalue weighted by atomic mass is 10.0.